The molecular weight excluding hydrogens is 235 g/mol. The van der Waals surface area contributed by atoms with Crippen LogP contribution in [0.5, 0.6) is 0 Å². The van der Waals surface area contributed by atoms with Gasteiger partial charge in [0.15, 0.2) is 0 Å². The maximum atomic E-state index is 12.8. The fourth-order valence-electron chi connectivity index (χ4n) is 1.17. The van der Waals surface area contributed by atoms with Gasteiger partial charge in [0.1, 0.15) is 16.2 Å². The van der Waals surface area contributed by atoms with Crippen molar-refractivity contribution in [2.45, 2.75) is 6.92 Å². The Labute approximate surface area is 83.0 Å². The van der Waals surface area contributed by atoms with Crippen LogP contribution in [0.4, 0.5) is 4.39 Å². The number of rotatable bonds is 0. The summed E-state index contributed by atoms with van der Waals surface area (Å²) in [4.78, 5) is 8.25. The molecule has 0 aliphatic carbocycles. The number of halogens is 2. The number of fused-ring (bicyclic) bond motifs is 1. The molecule has 0 saturated heterocycles. The van der Waals surface area contributed by atoms with Crippen molar-refractivity contribution in [3.05, 3.63) is 34.4 Å². The van der Waals surface area contributed by atoms with Gasteiger partial charge in [-0.05, 0) is 41.1 Å². The first-order chi connectivity index (χ1) is 6.16. The number of nitrogens with zero attached hydrogens (tertiary/aromatic N) is 2. The van der Waals surface area contributed by atoms with Gasteiger partial charge in [-0.1, -0.05) is 0 Å². The second-order valence-electron chi connectivity index (χ2n) is 2.72. The first-order valence-corrected chi connectivity index (χ1v) is 4.55. The highest BCUT2D eigenvalue weighted by Crippen LogP contribution is 2.21. The molecular formula is C9H6BrFN2. The molecule has 0 amide bonds. The Kier molecular flexibility index (Phi) is 2.00. The van der Waals surface area contributed by atoms with Gasteiger partial charge in [0.2, 0.25) is 0 Å². The van der Waals surface area contributed by atoms with Crippen LogP contribution in [-0.4, -0.2) is 9.97 Å². The van der Waals surface area contributed by atoms with Gasteiger partial charge in [0, 0.05) is 5.39 Å². The molecule has 66 valence electrons. The quantitative estimate of drug-likeness (QED) is 0.662. The second-order valence-corrected chi connectivity index (χ2v) is 3.47. The fourth-order valence-corrected chi connectivity index (χ4v) is 1.75. The summed E-state index contributed by atoms with van der Waals surface area (Å²) < 4.78 is 13.5. The maximum absolute atomic E-state index is 12.8. The van der Waals surface area contributed by atoms with Crippen LogP contribution < -0.4 is 0 Å². The highest BCUT2D eigenvalue weighted by Gasteiger charge is 2.03. The van der Waals surface area contributed by atoms with Crippen molar-refractivity contribution < 1.29 is 4.39 Å². The van der Waals surface area contributed by atoms with Crippen LogP contribution in [0.2, 0.25) is 0 Å². The normalized spacial score (nSPS) is 10.7. The van der Waals surface area contributed by atoms with Gasteiger partial charge in [0.05, 0.1) is 5.52 Å². The highest BCUT2D eigenvalue weighted by molar-refractivity contribution is 9.10. The molecule has 0 radical (unpaired) electrons. The van der Waals surface area contributed by atoms with Crippen LogP contribution in [0.15, 0.2) is 22.8 Å². The minimum absolute atomic E-state index is 0.277. The van der Waals surface area contributed by atoms with Gasteiger partial charge >= 0.3 is 0 Å². The first-order valence-electron chi connectivity index (χ1n) is 3.76. The molecule has 2 aromatic rings. The lowest BCUT2D eigenvalue weighted by Crippen LogP contribution is -1.90. The van der Waals surface area contributed by atoms with E-state index >= 15 is 0 Å². The minimum Gasteiger partial charge on any atom is -0.233 e. The minimum atomic E-state index is -0.277. The zero-order chi connectivity index (χ0) is 9.42. The van der Waals surface area contributed by atoms with Crippen molar-refractivity contribution in [3.63, 3.8) is 0 Å². The van der Waals surface area contributed by atoms with Gasteiger partial charge in [-0.15, -0.1) is 0 Å². The van der Waals surface area contributed by atoms with Gasteiger partial charge in [-0.3, -0.25) is 0 Å². The molecule has 4 heteroatoms. The largest absolute Gasteiger partial charge is 0.233 e. The summed E-state index contributed by atoms with van der Waals surface area (Å²) in [7, 11) is 0. The Morgan fingerprint density at radius 3 is 2.85 bits per heavy atom. The number of hydrogen-bond donors (Lipinski definition) is 0. The molecule has 1 heterocycles. The molecule has 2 nitrogen and oxygen atoms in total. The van der Waals surface area contributed by atoms with Crippen molar-refractivity contribution in [1.29, 1.82) is 0 Å². The zero-order valence-corrected chi connectivity index (χ0v) is 8.47. The van der Waals surface area contributed by atoms with Crippen LogP contribution >= 0.6 is 15.9 Å². The number of benzene rings is 1. The van der Waals surface area contributed by atoms with Crippen LogP contribution in [0.3, 0.4) is 0 Å². The molecule has 1 aromatic carbocycles. The average molecular weight is 241 g/mol. The van der Waals surface area contributed by atoms with Crippen LogP contribution in [0, 0.1) is 12.7 Å². The Morgan fingerprint density at radius 2 is 2.08 bits per heavy atom. The van der Waals surface area contributed by atoms with E-state index in [-0.39, 0.29) is 5.82 Å². The van der Waals surface area contributed by atoms with Crippen molar-refractivity contribution in [2.75, 3.05) is 0 Å². The van der Waals surface area contributed by atoms with E-state index in [0.717, 1.165) is 5.52 Å². The van der Waals surface area contributed by atoms with Crippen LogP contribution in [0.25, 0.3) is 10.9 Å². The predicted octanol–water partition coefficient (Wildman–Crippen LogP) is 2.84. The lowest BCUT2D eigenvalue weighted by Gasteiger charge is -2.00. The second kappa shape index (κ2) is 3.03. The molecule has 0 aliphatic rings. The molecule has 0 unspecified atom stereocenters. The average Bonchev–Trinajstić information content (AvgIpc) is 2.06. The van der Waals surface area contributed by atoms with E-state index < -0.39 is 0 Å². The molecule has 0 saturated carbocycles. The maximum Gasteiger partial charge on any atom is 0.127 e. The third-order valence-corrected chi connectivity index (χ3v) is 2.33. The van der Waals surface area contributed by atoms with Gasteiger partial charge in [0.25, 0.3) is 0 Å². The van der Waals surface area contributed by atoms with E-state index in [4.69, 9.17) is 0 Å². The lowest BCUT2D eigenvalue weighted by molar-refractivity contribution is 0.629. The van der Waals surface area contributed by atoms with E-state index in [2.05, 4.69) is 25.9 Å². The molecule has 1 aromatic heterocycles. The van der Waals surface area contributed by atoms with Gasteiger partial charge in [-0.25, -0.2) is 14.4 Å². The Balaban J connectivity index is 2.87. The van der Waals surface area contributed by atoms with Crippen molar-refractivity contribution in [1.82, 2.24) is 9.97 Å². The standard InChI is InChI=1S/C9H6BrFN2/c1-5-12-8-3-2-6(11)4-7(8)9(10)13-5/h2-4H,1H3. The first kappa shape index (κ1) is 8.56. The lowest BCUT2D eigenvalue weighted by atomic mass is 10.2. The summed E-state index contributed by atoms with van der Waals surface area (Å²) in [6, 6.07) is 4.45. The van der Waals surface area contributed by atoms with E-state index in [1.54, 1.807) is 13.0 Å². The molecule has 2 rings (SSSR count). The SMILES string of the molecule is Cc1nc(Br)c2cc(F)ccc2n1. The third kappa shape index (κ3) is 1.54. The molecule has 0 bridgehead atoms. The third-order valence-electron chi connectivity index (χ3n) is 1.72. The van der Waals surface area contributed by atoms with E-state index in [9.17, 15) is 4.39 Å². The van der Waals surface area contributed by atoms with Gasteiger partial charge in [-0.2, -0.15) is 0 Å². The summed E-state index contributed by atoms with van der Waals surface area (Å²) in [5.74, 6) is 0.395. The Bertz CT molecular complexity index is 470. The summed E-state index contributed by atoms with van der Waals surface area (Å²) in [6.07, 6.45) is 0. The number of hydrogen-bond acceptors (Lipinski definition) is 2. The van der Waals surface area contributed by atoms with E-state index in [0.29, 0.717) is 15.8 Å². The molecule has 0 spiro atoms. The van der Waals surface area contributed by atoms with Gasteiger partial charge < -0.3 is 0 Å². The summed E-state index contributed by atoms with van der Waals surface area (Å²) in [6.45, 7) is 1.80. The van der Waals surface area contributed by atoms with Crippen molar-refractivity contribution >= 4 is 26.8 Å². The van der Waals surface area contributed by atoms with E-state index in [1.165, 1.54) is 12.1 Å². The monoisotopic (exact) mass is 240 g/mol. The fraction of sp³-hybridized carbons (Fsp3) is 0.111. The highest BCUT2D eigenvalue weighted by atomic mass is 79.9. The van der Waals surface area contributed by atoms with Crippen LogP contribution in [0.1, 0.15) is 5.82 Å². The number of aryl methyl sites for hydroxylation is 1. The summed E-state index contributed by atoms with van der Waals surface area (Å²) >= 11 is 3.26. The molecule has 0 N–H and O–H groups in total. The van der Waals surface area contributed by atoms with Crippen LogP contribution in [-0.2, 0) is 0 Å². The molecule has 13 heavy (non-hydrogen) atoms. The Morgan fingerprint density at radius 1 is 1.31 bits per heavy atom. The smallest absolute Gasteiger partial charge is 0.127 e. The van der Waals surface area contributed by atoms with Crippen molar-refractivity contribution in [2.24, 2.45) is 0 Å². The summed E-state index contributed by atoms with van der Waals surface area (Å²) in [5.41, 5.74) is 0.751. The molecule has 0 atom stereocenters. The van der Waals surface area contributed by atoms with Crippen molar-refractivity contribution in [3.8, 4) is 0 Å². The Hall–Kier alpha value is -1.03. The summed E-state index contributed by atoms with van der Waals surface area (Å²) in [5, 5.41) is 0.700. The number of aromatic nitrogens is 2. The topological polar surface area (TPSA) is 25.8 Å². The molecule has 0 aliphatic heterocycles. The van der Waals surface area contributed by atoms with E-state index in [1.807, 2.05) is 0 Å². The predicted molar refractivity (Wildman–Crippen MR) is 51.9 cm³/mol. The zero-order valence-electron chi connectivity index (χ0n) is 6.88. The molecule has 0 fully saturated rings.